The highest BCUT2D eigenvalue weighted by Crippen LogP contribution is 2.30. The molecule has 0 bridgehead atoms. The number of hydrogen-bond donors (Lipinski definition) is 2. The number of benzene rings is 1. The number of ether oxygens (including phenoxy) is 1. The number of aliphatic hydroxyl groups excluding tert-OH is 1. The quantitative estimate of drug-likeness (QED) is 0.806. The maximum atomic E-state index is 12.4. The van der Waals surface area contributed by atoms with Gasteiger partial charge in [0.2, 0.25) is 10.0 Å². The van der Waals surface area contributed by atoms with E-state index in [0.29, 0.717) is 18.1 Å². The Balaban J connectivity index is 3.25. The van der Waals surface area contributed by atoms with E-state index in [-0.39, 0.29) is 17.3 Å². The first-order chi connectivity index (χ1) is 9.35. The third-order valence-corrected chi connectivity index (χ3v) is 4.80. The summed E-state index contributed by atoms with van der Waals surface area (Å²) in [6, 6.07) is 2.43. The zero-order valence-electron chi connectivity index (χ0n) is 11.8. The number of halogens is 1. The van der Waals surface area contributed by atoms with Crippen molar-refractivity contribution in [1.29, 1.82) is 0 Å². The molecule has 1 atom stereocenters. The highest BCUT2D eigenvalue weighted by atomic mass is 35.5. The van der Waals surface area contributed by atoms with E-state index < -0.39 is 16.1 Å². The average Bonchev–Trinajstić information content (AvgIpc) is 2.40. The Morgan fingerprint density at radius 2 is 2.05 bits per heavy atom. The maximum absolute atomic E-state index is 12.4. The topological polar surface area (TPSA) is 75.6 Å². The molecule has 0 spiro atoms. The van der Waals surface area contributed by atoms with Crippen LogP contribution in [-0.2, 0) is 10.0 Å². The van der Waals surface area contributed by atoms with E-state index in [1.54, 1.807) is 26.8 Å². The molecule has 1 rings (SSSR count). The number of rotatable bonds is 7. The van der Waals surface area contributed by atoms with E-state index in [9.17, 15) is 8.42 Å². The van der Waals surface area contributed by atoms with Crippen LogP contribution in [0.4, 0.5) is 0 Å². The summed E-state index contributed by atoms with van der Waals surface area (Å²) in [5, 5.41) is 9.48. The molecule has 0 heterocycles. The first kappa shape index (κ1) is 17.2. The number of aliphatic hydroxyl groups is 1. The Morgan fingerprint density at radius 3 is 2.55 bits per heavy atom. The zero-order chi connectivity index (χ0) is 15.3. The van der Waals surface area contributed by atoms with E-state index in [1.165, 1.54) is 6.07 Å². The third kappa shape index (κ3) is 4.09. The molecule has 0 saturated heterocycles. The molecule has 2 N–H and O–H groups in total. The second kappa shape index (κ2) is 7.26. The van der Waals surface area contributed by atoms with Crippen LogP contribution in [0, 0.1) is 6.92 Å². The van der Waals surface area contributed by atoms with E-state index in [4.69, 9.17) is 21.4 Å². The van der Waals surface area contributed by atoms with Crippen molar-refractivity contribution in [3.05, 3.63) is 22.7 Å². The van der Waals surface area contributed by atoms with Gasteiger partial charge in [0.05, 0.1) is 13.2 Å². The van der Waals surface area contributed by atoms with Crippen molar-refractivity contribution < 1.29 is 18.3 Å². The first-order valence-electron chi connectivity index (χ1n) is 6.41. The van der Waals surface area contributed by atoms with Gasteiger partial charge in [-0.05, 0) is 38.0 Å². The lowest BCUT2D eigenvalue weighted by Crippen LogP contribution is -2.37. The molecule has 0 unspecified atom stereocenters. The van der Waals surface area contributed by atoms with E-state index >= 15 is 0 Å². The molecule has 1 aromatic carbocycles. The summed E-state index contributed by atoms with van der Waals surface area (Å²) in [5.41, 5.74) is 0.739. The predicted molar refractivity (Wildman–Crippen MR) is 78.8 cm³/mol. The predicted octanol–water partition coefficient (Wildman–Crippen LogP) is 2.10. The largest absolute Gasteiger partial charge is 0.492 e. The smallest absolute Gasteiger partial charge is 0.244 e. The van der Waals surface area contributed by atoms with Crippen molar-refractivity contribution in [2.75, 3.05) is 13.2 Å². The van der Waals surface area contributed by atoms with Gasteiger partial charge in [-0.3, -0.25) is 0 Å². The summed E-state index contributed by atoms with van der Waals surface area (Å²) in [5.74, 6) is 0.259. The summed E-state index contributed by atoms with van der Waals surface area (Å²) in [6.07, 6.45) is 0.485. The van der Waals surface area contributed by atoms with Crippen LogP contribution in [0.15, 0.2) is 17.0 Å². The molecule has 0 aliphatic carbocycles. The molecule has 0 amide bonds. The van der Waals surface area contributed by atoms with Gasteiger partial charge in [-0.1, -0.05) is 18.5 Å². The lowest BCUT2D eigenvalue weighted by molar-refractivity contribution is 0.253. The van der Waals surface area contributed by atoms with Crippen LogP contribution in [-0.4, -0.2) is 32.8 Å². The molecular formula is C13H20ClNO4S. The normalized spacial score (nSPS) is 13.2. The van der Waals surface area contributed by atoms with Crippen LogP contribution in [0.2, 0.25) is 5.02 Å². The van der Waals surface area contributed by atoms with Crippen LogP contribution in [0.25, 0.3) is 0 Å². The lowest BCUT2D eigenvalue weighted by atomic mass is 10.2. The molecule has 0 saturated carbocycles. The minimum atomic E-state index is -3.80. The Bertz CT molecular complexity index is 556. The van der Waals surface area contributed by atoms with E-state index in [0.717, 1.165) is 5.56 Å². The summed E-state index contributed by atoms with van der Waals surface area (Å²) in [7, 11) is -3.80. The second-order valence-corrected chi connectivity index (χ2v) is 6.48. The van der Waals surface area contributed by atoms with Gasteiger partial charge >= 0.3 is 0 Å². The highest BCUT2D eigenvalue weighted by molar-refractivity contribution is 7.89. The molecule has 0 aliphatic heterocycles. The molecule has 0 aliphatic rings. The number of aryl methyl sites for hydroxylation is 1. The molecule has 0 fully saturated rings. The Labute approximate surface area is 125 Å². The Morgan fingerprint density at radius 1 is 1.40 bits per heavy atom. The van der Waals surface area contributed by atoms with Crippen molar-refractivity contribution in [3.8, 4) is 5.75 Å². The van der Waals surface area contributed by atoms with Crippen LogP contribution < -0.4 is 9.46 Å². The van der Waals surface area contributed by atoms with Crippen molar-refractivity contribution >= 4 is 21.6 Å². The van der Waals surface area contributed by atoms with Gasteiger partial charge in [-0.25, -0.2) is 13.1 Å². The van der Waals surface area contributed by atoms with Crippen LogP contribution >= 0.6 is 11.6 Å². The summed E-state index contributed by atoms with van der Waals surface area (Å²) >= 11 is 6.00. The summed E-state index contributed by atoms with van der Waals surface area (Å²) in [4.78, 5) is -0.0122. The Kier molecular flexibility index (Phi) is 6.26. The SMILES string of the molecule is CCOc1cc(C)c(Cl)cc1S(=O)(=O)N[C@H](CC)CO. The second-order valence-electron chi connectivity index (χ2n) is 4.39. The van der Waals surface area contributed by atoms with Gasteiger partial charge in [-0.2, -0.15) is 0 Å². The standard InChI is InChI=1S/C13H20ClNO4S/c1-4-10(8-16)15-20(17,18)13-7-11(14)9(3)6-12(13)19-5-2/h6-7,10,15-16H,4-5,8H2,1-3H3/t10-/m1/s1. The van der Waals surface area contributed by atoms with Gasteiger partial charge < -0.3 is 9.84 Å². The highest BCUT2D eigenvalue weighted by Gasteiger charge is 2.24. The first-order valence-corrected chi connectivity index (χ1v) is 8.27. The van der Waals surface area contributed by atoms with Gasteiger partial charge in [0.1, 0.15) is 10.6 Å². The average molecular weight is 322 g/mol. The van der Waals surface area contributed by atoms with Crippen LogP contribution in [0.3, 0.4) is 0 Å². The molecule has 114 valence electrons. The van der Waals surface area contributed by atoms with Crippen molar-refractivity contribution in [3.63, 3.8) is 0 Å². The number of sulfonamides is 1. The minimum Gasteiger partial charge on any atom is -0.492 e. The van der Waals surface area contributed by atoms with Gasteiger partial charge in [0.25, 0.3) is 0 Å². The van der Waals surface area contributed by atoms with Crippen molar-refractivity contribution in [1.82, 2.24) is 4.72 Å². The number of hydrogen-bond acceptors (Lipinski definition) is 4. The summed E-state index contributed by atoms with van der Waals surface area (Å²) < 4.78 is 32.5. The fourth-order valence-electron chi connectivity index (χ4n) is 1.65. The molecule has 7 heteroatoms. The molecule has 0 aromatic heterocycles. The van der Waals surface area contributed by atoms with Crippen molar-refractivity contribution in [2.45, 2.75) is 38.1 Å². The van der Waals surface area contributed by atoms with Gasteiger partial charge in [0.15, 0.2) is 0 Å². The molecule has 20 heavy (non-hydrogen) atoms. The lowest BCUT2D eigenvalue weighted by Gasteiger charge is -2.17. The zero-order valence-corrected chi connectivity index (χ0v) is 13.4. The molecule has 5 nitrogen and oxygen atoms in total. The van der Waals surface area contributed by atoms with Gasteiger partial charge in [-0.15, -0.1) is 0 Å². The van der Waals surface area contributed by atoms with Gasteiger partial charge in [0, 0.05) is 11.1 Å². The van der Waals surface area contributed by atoms with Crippen LogP contribution in [0.1, 0.15) is 25.8 Å². The van der Waals surface area contributed by atoms with Crippen molar-refractivity contribution in [2.24, 2.45) is 0 Å². The maximum Gasteiger partial charge on any atom is 0.244 e. The minimum absolute atomic E-state index is 0.0122. The fraction of sp³-hybridized carbons (Fsp3) is 0.538. The molecular weight excluding hydrogens is 302 g/mol. The Hall–Kier alpha value is -0.820. The fourth-order valence-corrected chi connectivity index (χ4v) is 3.34. The molecule has 0 radical (unpaired) electrons. The van der Waals surface area contributed by atoms with Crippen LogP contribution in [0.5, 0.6) is 5.75 Å². The third-order valence-electron chi connectivity index (χ3n) is 2.85. The van der Waals surface area contributed by atoms with E-state index in [1.807, 2.05) is 0 Å². The molecule has 1 aromatic rings. The summed E-state index contributed by atoms with van der Waals surface area (Å²) in [6.45, 7) is 5.42. The monoisotopic (exact) mass is 321 g/mol. The number of nitrogens with one attached hydrogen (secondary N) is 1. The van der Waals surface area contributed by atoms with E-state index in [2.05, 4.69) is 4.72 Å².